The highest BCUT2D eigenvalue weighted by atomic mass is 35.5. The second-order valence-electron chi connectivity index (χ2n) is 7.09. The maximum absolute atomic E-state index is 12.3. The molecule has 0 N–H and O–H groups in total. The first-order valence-corrected chi connectivity index (χ1v) is 8.49. The van der Waals surface area contributed by atoms with Gasteiger partial charge in [0.2, 0.25) is 5.28 Å². The lowest BCUT2D eigenvalue weighted by molar-refractivity contribution is 0.0223. The summed E-state index contributed by atoms with van der Waals surface area (Å²) >= 11 is 6.09. The smallest absolute Gasteiger partial charge is 0.410 e. The molecule has 3 heterocycles. The van der Waals surface area contributed by atoms with Gasteiger partial charge in [-0.1, -0.05) is 0 Å². The molecule has 0 radical (unpaired) electrons. The number of carbonyl (C=O) groups excluding carboxylic acids is 1. The SMILES string of the molecule is CC(C)(C)OC(=O)N1CCc2nc(Cl)nc(N3CCCC3)c2C1. The standard InChI is InChI=1S/C16H23ClN4O2/c1-16(2,3)23-15(22)21-9-6-12-11(10-21)13(19-14(17)18-12)20-7-4-5-8-20/h4-10H2,1-3H3. The van der Waals surface area contributed by atoms with E-state index in [1.54, 1.807) is 4.90 Å². The van der Waals surface area contributed by atoms with E-state index in [1.165, 1.54) is 0 Å². The number of hydrogen-bond acceptors (Lipinski definition) is 5. The fraction of sp³-hybridized carbons (Fsp3) is 0.688. The number of fused-ring (bicyclic) bond motifs is 1. The molecule has 1 fully saturated rings. The van der Waals surface area contributed by atoms with Gasteiger partial charge in [0.15, 0.2) is 0 Å². The van der Waals surface area contributed by atoms with Crippen molar-refractivity contribution in [1.29, 1.82) is 0 Å². The fourth-order valence-corrected chi connectivity index (χ4v) is 3.22. The number of hydrogen-bond donors (Lipinski definition) is 0. The fourth-order valence-electron chi connectivity index (χ4n) is 3.04. The highest BCUT2D eigenvalue weighted by molar-refractivity contribution is 6.28. The zero-order valence-electron chi connectivity index (χ0n) is 13.9. The number of nitrogens with zero attached hydrogens (tertiary/aromatic N) is 4. The van der Waals surface area contributed by atoms with Gasteiger partial charge in [-0.05, 0) is 45.2 Å². The van der Waals surface area contributed by atoms with Crippen LogP contribution in [0.4, 0.5) is 10.6 Å². The van der Waals surface area contributed by atoms with Gasteiger partial charge in [-0.2, -0.15) is 0 Å². The van der Waals surface area contributed by atoms with Gasteiger partial charge in [0, 0.05) is 31.6 Å². The van der Waals surface area contributed by atoms with Gasteiger partial charge in [0.1, 0.15) is 11.4 Å². The zero-order valence-corrected chi connectivity index (χ0v) is 14.7. The van der Waals surface area contributed by atoms with Crippen LogP contribution >= 0.6 is 11.6 Å². The third kappa shape index (κ3) is 3.68. The second kappa shape index (κ2) is 6.15. The summed E-state index contributed by atoms with van der Waals surface area (Å²) in [6.45, 7) is 8.66. The molecule has 1 saturated heterocycles. The number of carbonyl (C=O) groups is 1. The van der Waals surface area contributed by atoms with Gasteiger partial charge in [0.05, 0.1) is 12.2 Å². The summed E-state index contributed by atoms with van der Waals surface area (Å²) in [6.07, 6.45) is 2.71. The Kier molecular flexibility index (Phi) is 4.36. The van der Waals surface area contributed by atoms with Crippen LogP contribution in [-0.4, -0.2) is 46.2 Å². The summed E-state index contributed by atoms with van der Waals surface area (Å²) in [5, 5.41) is 0.288. The minimum absolute atomic E-state index is 0.287. The van der Waals surface area contributed by atoms with E-state index in [9.17, 15) is 4.79 Å². The average Bonchev–Trinajstić information content (AvgIpc) is 2.98. The third-order valence-corrected chi connectivity index (χ3v) is 4.24. The Hall–Kier alpha value is -1.56. The lowest BCUT2D eigenvalue weighted by Crippen LogP contribution is -2.41. The molecule has 1 aromatic rings. The van der Waals surface area contributed by atoms with Crippen molar-refractivity contribution in [2.45, 2.75) is 52.2 Å². The number of amides is 1. The molecule has 0 unspecified atom stereocenters. The molecule has 2 aliphatic rings. The molecule has 23 heavy (non-hydrogen) atoms. The van der Waals surface area contributed by atoms with E-state index in [1.807, 2.05) is 20.8 Å². The summed E-state index contributed by atoms with van der Waals surface area (Å²) in [4.78, 5) is 25.1. The lowest BCUT2D eigenvalue weighted by Gasteiger charge is -2.32. The van der Waals surface area contributed by atoms with E-state index in [4.69, 9.17) is 16.3 Å². The Morgan fingerprint density at radius 3 is 2.52 bits per heavy atom. The quantitative estimate of drug-likeness (QED) is 0.737. The predicted molar refractivity (Wildman–Crippen MR) is 88.8 cm³/mol. The van der Waals surface area contributed by atoms with Crippen molar-refractivity contribution in [1.82, 2.24) is 14.9 Å². The Balaban J connectivity index is 1.85. The highest BCUT2D eigenvalue weighted by Crippen LogP contribution is 2.30. The molecule has 0 saturated carbocycles. The molecule has 126 valence electrons. The van der Waals surface area contributed by atoms with Gasteiger partial charge >= 0.3 is 6.09 Å². The third-order valence-electron chi connectivity index (χ3n) is 4.07. The van der Waals surface area contributed by atoms with Gasteiger partial charge < -0.3 is 14.5 Å². The summed E-state index contributed by atoms with van der Waals surface area (Å²) in [6, 6.07) is 0. The number of ether oxygens (including phenoxy) is 1. The number of aromatic nitrogens is 2. The number of anilines is 1. The largest absolute Gasteiger partial charge is 0.444 e. The van der Waals surface area contributed by atoms with Crippen LogP contribution in [0, 0.1) is 0 Å². The van der Waals surface area contributed by atoms with Crippen molar-refractivity contribution in [3.8, 4) is 0 Å². The second-order valence-corrected chi connectivity index (χ2v) is 7.43. The van der Waals surface area contributed by atoms with E-state index < -0.39 is 5.60 Å². The van der Waals surface area contributed by atoms with Crippen molar-refractivity contribution in [2.75, 3.05) is 24.5 Å². The molecule has 1 aromatic heterocycles. The molecule has 0 bridgehead atoms. The van der Waals surface area contributed by atoms with E-state index in [2.05, 4.69) is 14.9 Å². The van der Waals surface area contributed by atoms with E-state index in [-0.39, 0.29) is 11.4 Å². The molecular formula is C16H23ClN4O2. The van der Waals surface area contributed by atoms with E-state index >= 15 is 0 Å². The molecule has 2 aliphatic heterocycles. The van der Waals surface area contributed by atoms with Crippen molar-refractivity contribution >= 4 is 23.5 Å². The van der Waals surface area contributed by atoms with Crippen LogP contribution in [0.5, 0.6) is 0 Å². The topological polar surface area (TPSA) is 58.6 Å². The summed E-state index contributed by atoms with van der Waals surface area (Å²) in [5.41, 5.74) is 1.46. The van der Waals surface area contributed by atoms with Gasteiger partial charge in [-0.3, -0.25) is 0 Å². The molecule has 6 nitrogen and oxygen atoms in total. The first-order valence-electron chi connectivity index (χ1n) is 8.12. The maximum atomic E-state index is 12.3. The average molecular weight is 339 g/mol. The van der Waals surface area contributed by atoms with Crippen LogP contribution in [0.25, 0.3) is 0 Å². The van der Waals surface area contributed by atoms with E-state index in [0.29, 0.717) is 19.5 Å². The molecule has 1 amide bonds. The van der Waals surface area contributed by atoms with Gasteiger partial charge in [-0.15, -0.1) is 0 Å². The molecule has 3 rings (SSSR count). The predicted octanol–water partition coefficient (Wildman–Crippen LogP) is 3.02. The molecule has 0 aliphatic carbocycles. The summed E-state index contributed by atoms with van der Waals surface area (Å²) < 4.78 is 5.49. The van der Waals surface area contributed by atoms with Crippen LogP contribution in [-0.2, 0) is 17.7 Å². The number of rotatable bonds is 1. The van der Waals surface area contributed by atoms with Crippen LogP contribution in [0.15, 0.2) is 0 Å². The van der Waals surface area contributed by atoms with Crippen LogP contribution in [0.3, 0.4) is 0 Å². The van der Waals surface area contributed by atoms with Crippen molar-refractivity contribution in [3.63, 3.8) is 0 Å². The van der Waals surface area contributed by atoms with Gasteiger partial charge in [-0.25, -0.2) is 14.8 Å². The molecule has 0 spiro atoms. The molecule has 0 atom stereocenters. The molecule has 0 aromatic carbocycles. The Morgan fingerprint density at radius 2 is 1.87 bits per heavy atom. The van der Waals surface area contributed by atoms with E-state index in [0.717, 1.165) is 43.0 Å². The van der Waals surface area contributed by atoms with Crippen LogP contribution < -0.4 is 4.90 Å². The Morgan fingerprint density at radius 1 is 1.17 bits per heavy atom. The highest BCUT2D eigenvalue weighted by Gasteiger charge is 2.30. The monoisotopic (exact) mass is 338 g/mol. The first-order chi connectivity index (χ1) is 10.8. The molecule has 7 heteroatoms. The van der Waals surface area contributed by atoms with Crippen molar-refractivity contribution < 1.29 is 9.53 Å². The summed E-state index contributed by atoms with van der Waals surface area (Å²) in [5.74, 6) is 0.880. The lowest BCUT2D eigenvalue weighted by atomic mass is 10.1. The Bertz CT molecular complexity index is 609. The zero-order chi connectivity index (χ0) is 16.6. The van der Waals surface area contributed by atoms with Crippen LogP contribution in [0.2, 0.25) is 5.28 Å². The normalized spacial score (nSPS) is 18.1. The number of halogens is 1. The maximum Gasteiger partial charge on any atom is 0.410 e. The molecular weight excluding hydrogens is 316 g/mol. The van der Waals surface area contributed by atoms with Crippen molar-refractivity contribution in [3.05, 3.63) is 16.5 Å². The van der Waals surface area contributed by atoms with Gasteiger partial charge in [0.25, 0.3) is 0 Å². The minimum atomic E-state index is -0.494. The van der Waals surface area contributed by atoms with Crippen molar-refractivity contribution in [2.24, 2.45) is 0 Å². The Labute approximate surface area is 141 Å². The van der Waals surface area contributed by atoms with Crippen LogP contribution in [0.1, 0.15) is 44.9 Å². The first kappa shape index (κ1) is 16.3. The summed E-state index contributed by atoms with van der Waals surface area (Å²) in [7, 11) is 0. The minimum Gasteiger partial charge on any atom is -0.444 e.